The van der Waals surface area contributed by atoms with Crippen molar-refractivity contribution >= 4 is 5.97 Å². The third kappa shape index (κ3) is 4.83. The standard InChI is InChI=1S/C32H44O11/c1-16(34)41-22-13-32(39)21-6-5-18-12-19(42-29-28(38)27(37)26(36)23(14-33)43-29)8-10-30(18,2)20(21)9-11-31(32,3)25(22)17-4-7-24(35)40-15-17/h4,7,12,15,19-23,25-29,33,36-39H,5-6,8-11,13-14H2,1-3H3. The smallest absolute Gasteiger partial charge is 0.335 e. The molecule has 0 radical (unpaired) electrons. The first kappa shape index (κ1) is 30.9. The van der Waals surface area contributed by atoms with E-state index in [1.165, 1.54) is 24.8 Å². The topological polar surface area (TPSA) is 176 Å². The molecule has 5 N–H and O–H groups in total. The molecule has 238 valence electrons. The maximum absolute atomic E-state index is 12.7. The second-order valence-electron chi connectivity index (χ2n) is 13.9. The van der Waals surface area contributed by atoms with Gasteiger partial charge in [-0.15, -0.1) is 0 Å². The number of allylic oxidation sites excluding steroid dienone is 1. The summed E-state index contributed by atoms with van der Waals surface area (Å²) in [5.74, 6) is -0.577. The van der Waals surface area contributed by atoms with Gasteiger partial charge in [-0.3, -0.25) is 4.79 Å². The molecule has 5 aliphatic rings. The fourth-order valence-electron chi connectivity index (χ4n) is 9.59. The first-order valence-electron chi connectivity index (χ1n) is 15.5. The molecule has 13 unspecified atom stereocenters. The van der Waals surface area contributed by atoms with Crippen LogP contribution < -0.4 is 5.63 Å². The first-order valence-corrected chi connectivity index (χ1v) is 15.5. The van der Waals surface area contributed by atoms with E-state index in [9.17, 15) is 35.1 Å². The van der Waals surface area contributed by atoms with Crippen LogP contribution in [0.15, 0.2) is 39.3 Å². The summed E-state index contributed by atoms with van der Waals surface area (Å²) in [5.41, 5.74) is -0.372. The van der Waals surface area contributed by atoms with Crippen LogP contribution in [-0.2, 0) is 19.0 Å². The summed E-state index contributed by atoms with van der Waals surface area (Å²) >= 11 is 0. The summed E-state index contributed by atoms with van der Waals surface area (Å²) in [6.45, 7) is 5.20. The highest BCUT2D eigenvalue weighted by atomic mass is 16.7. The maximum atomic E-state index is 12.7. The summed E-state index contributed by atoms with van der Waals surface area (Å²) < 4.78 is 22.7. The zero-order chi connectivity index (χ0) is 30.9. The zero-order valence-electron chi connectivity index (χ0n) is 24.9. The normalized spacial score (nSPS) is 47.6. The highest BCUT2D eigenvalue weighted by Gasteiger charge is 2.70. The second kappa shape index (κ2) is 11.0. The van der Waals surface area contributed by atoms with Gasteiger partial charge in [0, 0.05) is 30.7 Å². The molecule has 0 bridgehead atoms. The van der Waals surface area contributed by atoms with Gasteiger partial charge in [-0.25, -0.2) is 4.79 Å². The Balaban J connectivity index is 1.25. The molecular formula is C32H44O11. The molecule has 0 amide bonds. The van der Waals surface area contributed by atoms with Gasteiger partial charge in [-0.2, -0.15) is 0 Å². The molecule has 3 saturated carbocycles. The van der Waals surface area contributed by atoms with Crippen molar-refractivity contribution in [3.05, 3.63) is 46.0 Å². The molecule has 1 aromatic heterocycles. The Labute approximate surface area is 250 Å². The van der Waals surface area contributed by atoms with E-state index in [-0.39, 0.29) is 29.3 Å². The van der Waals surface area contributed by atoms with Crippen molar-refractivity contribution in [2.45, 2.75) is 120 Å². The van der Waals surface area contributed by atoms with Crippen LogP contribution in [0.3, 0.4) is 0 Å². The van der Waals surface area contributed by atoms with Crippen molar-refractivity contribution in [1.29, 1.82) is 0 Å². The lowest BCUT2D eigenvalue weighted by Gasteiger charge is -2.61. The lowest BCUT2D eigenvalue weighted by Crippen LogP contribution is -2.61. The number of hydrogen-bond acceptors (Lipinski definition) is 11. The Hall–Kier alpha value is -2.12. The molecule has 43 heavy (non-hydrogen) atoms. The van der Waals surface area contributed by atoms with E-state index in [4.69, 9.17) is 18.6 Å². The molecule has 1 saturated heterocycles. The van der Waals surface area contributed by atoms with Gasteiger partial charge in [-0.1, -0.05) is 25.5 Å². The van der Waals surface area contributed by atoms with Crippen molar-refractivity contribution in [3.63, 3.8) is 0 Å². The van der Waals surface area contributed by atoms with Gasteiger partial charge in [0.1, 0.15) is 30.5 Å². The fraction of sp³-hybridized carbons (Fsp3) is 0.750. The molecule has 4 aliphatic carbocycles. The SMILES string of the molecule is CC(=O)OC1CC2(O)C3CCC4=CC(OC5OC(CO)C(O)C(O)C5O)CCC4(C)C3CCC2(C)C1c1ccc(=O)oc1. The number of carbonyl (C=O) groups is 1. The van der Waals surface area contributed by atoms with E-state index in [1.54, 1.807) is 6.07 Å². The summed E-state index contributed by atoms with van der Waals surface area (Å²) in [5, 5.41) is 53.0. The van der Waals surface area contributed by atoms with Crippen LogP contribution >= 0.6 is 0 Å². The molecular weight excluding hydrogens is 560 g/mol. The minimum absolute atomic E-state index is 0.0323. The molecule has 2 heterocycles. The Morgan fingerprint density at radius 1 is 1.05 bits per heavy atom. The van der Waals surface area contributed by atoms with E-state index in [0.717, 1.165) is 31.2 Å². The van der Waals surface area contributed by atoms with Gasteiger partial charge >= 0.3 is 11.6 Å². The van der Waals surface area contributed by atoms with Crippen LogP contribution in [0.2, 0.25) is 0 Å². The van der Waals surface area contributed by atoms with Crippen molar-refractivity contribution in [3.8, 4) is 0 Å². The molecule has 1 aromatic rings. The minimum atomic E-state index is -1.50. The number of esters is 1. The summed E-state index contributed by atoms with van der Waals surface area (Å²) in [6, 6.07) is 3.09. The average Bonchev–Trinajstić information content (AvgIpc) is 3.19. The first-order chi connectivity index (χ1) is 20.3. The molecule has 13 atom stereocenters. The quantitative estimate of drug-likeness (QED) is 0.243. The number of rotatable bonds is 5. The van der Waals surface area contributed by atoms with Crippen LogP contribution in [0.4, 0.5) is 0 Å². The Morgan fingerprint density at radius 2 is 1.81 bits per heavy atom. The summed E-state index contributed by atoms with van der Waals surface area (Å²) in [6.07, 6.45) is 0.779. The van der Waals surface area contributed by atoms with Gasteiger partial charge in [0.25, 0.3) is 0 Å². The van der Waals surface area contributed by atoms with Crippen LogP contribution in [0.5, 0.6) is 0 Å². The molecule has 11 nitrogen and oxygen atoms in total. The highest BCUT2D eigenvalue weighted by Crippen LogP contribution is 2.70. The van der Waals surface area contributed by atoms with E-state index < -0.39 is 66.0 Å². The fourth-order valence-corrected chi connectivity index (χ4v) is 9.59. The number of hydrogen-bond donors (Lipinski definition) is 5. The summed E-state index contributed by atoms with van der Waals surface area (Å²) in [7, 11) is 0. The molecule has 0 aromatic carbocycles. The van der Waals surface area contributed by atoms with Gasteiger partial charge in [0.05, 0.1) is 24.6 Å². The van der Waals surface area contributed by atoms with Crippen LogP contribution in [0, 0.1) is 22.7 Å². The number of aliphatic hydroxyl groups is 5. The third-order valence-electron chi connectivity index (χ3n) is 11.8. The molecule has 11 heteroatoms. The minimum Gasteiger partial charge on any atom is -0.462 e. The van der Waals surface area contributed by atoms with Crippen molar-refractivity contribution in [2.24, 2.45) is 22.7 Å². The lowest BCUT2D eigenvalue weighted by atomic mass is 9.45. The van der Waals surface area contributed by atoms with Crippen molar-refractivity contribution < 1.29 is 49.0 Å². The predicted octanol–water partition coefficient (Wildman–Crippen LogP) is 1.53. The monoisotopic (exact) mass is 604 g/mol. The Morgan fingerprint density at radius 3 is 2.49 bits per heavy atom. The van der Waals surface area contributed by atoms with Gasteiger partial charge in [0.15, 0.2) is 6.29 Å². The summed E-state index contributed by atoms with van der Waals surface area (Å²) in [4.78, 5) is 23.9. The molecule has 6 rings (SSSR count). The molecule has 4 fully saturated rings. The van der Waals surface area contributed by atoms with Crippen molar-refractivity contribution in [2.75, 3.05) is 6.61 Å². The lowest BCUT2D eigenvalue weighted by molar-refractivity contribution is -0.308. The van der Waals surface area contributed by atoms with E-state index in [2.05, 4.69) is 19.9 Å². The highest BCUT2D eigenvalue weighted by molar-refractivity contribution is 5.66. The number of carbonyl (C=O) groups excluding carboxylic acids is 1. The van der Waals surface area contributed by atoms with Crippen LogP contribution in [0.1, 0.15) is 77.2 Å². The van der Waals surface area contributed by atoms with Crippen LogP contribution in [-0.4, -0.2) is 86.6 Å². The average molecular weight is 605 g/mol. The van der Waals surface area contributed by atoms with Gasteiger partial charge < -0.3 is 44.2 Å². The zero-order valence-corrected chi connectivity index (χ0v) is 24.9. The number of ether oxygens (including phenoxy) is 3. The number of aliphatic hydroxyl groups excluding tert-OH is 4. The molecule has 0 spiro atoms. The van der Waals surface area contributed by atoms with Gasteiger partial charge in [-0.05, 0) is 67.4 Å². The van der Waals surface area contributed by atoms with Crippen LogP contribution in [0.25, 0.3) is 0 Å². The maximum Gasteiger partial charge on any atom is 0.335 e. The molecule has 1 aliphatic heterocycles. The van der Waals surface area contributed by atoms with E-state index in [1.807, 2.05) is 0 Å². The van der Waals surface area contributed by atoms with Crippen molar-refractivity contribution in [1.82, 2.24) is 0 Å². The van der Waals surface area contributed by atoms with E-state index in [0.29, 0.717) is 19.3 Å². The Bertz CT molecular complexity index is 1290. The predicted molar refractivity (Wildman–Crippen MR) is 150 cm³/mol. The third-order valence-corrected chi connectivity index (χ3v) is 11.8. The largest absolute Gasteiger partial charge is 0.462 e. The van der Waals surface area contributed by atoms with E-state index >= 15 is 0 Å². The number of fused-ring (bicyclic) bond motifs is 5. The second-order valence-corrected chi connectivity index (χ2v) is 13.9. The Kier molecular flexibility index (Phi) is 7.93. The van der Waals surface area contributed by atoms with Gasteiger partial charge in [0.2, 0.25) is 0 Å².